The van der Waals surface area contributed by atoms with Crippen molar-refractivity contribution in [3.63, 3.8) is 0 Å². The number of hydrogen-bond donors (Lipinski definition) is 2. The molecule has 3 unspecified atom stereocenters. The number of piperidine rings is 2. The van der Waals surface area contributed by atoms with Crippen LogP contribution in [0.5, 0.6) is 0 Å². The molecule has 5 heteroatoms. The summed E-state index contributed by atoms with van der Waals surface area (Å²) in [6.45, 7) is 6.02. The van der Waals surface area contributed by atoms with Crippen LogP contribution in [0.2, 0.25) is 0 Å². The van der Waals surface area contributed by atoms with E-state index in [0.29, 0.717) is 31.8 Å². The maximum absolute atomic E-state index is 12.6. The van der Waals surface area contributed by atoms with Gasteiger partial charge in [0, 0.05) is 13.1 Å². The second-order valence-corrected chi connectivity index (χ2v) is 6.44. The predicted molar refractivity (Wildman–Crippen MR) is 76.4 cm³/mol. The highest BCUT2D eigenvalue weighted by Gasteiger charge is 2.43. The SMILES string of the molecule is CCC1(C(=O)O)CCCN(C(=O)C2CC(C)CCN2)C1. The van der Waals surface area contributed by atoms with Crippen molar-refractivity contribution in [1.82, 2.24) is 10.2 Å². The third kappa shape index (κ3) is 2.97. The summed E-state index contributed by atoms with van der Waals surface area (Å²) in [7, 11) is 0. The summed E-state index contributed by atoms with van der Waals surface area (Å²) < 4.78 is 0. The molecule has 3 atom stereocenters. The molecule has 0 aliphatic carbocycles. The summed E-state index contributed by atoms with van der Waals surface area (Å²) in [5, 5.41) is 12.8. The van der Waals surface area contributed by atoms with Gasteiger partial charge in [0.1, 0.15) is 0 Å². The smallest absolute Gasteiger partial charge is 0.311 e. The Morgan fingerprint density at radius 1 is 1.45 bits per heavy atom. The molecule has 0 aromatic heterocycles. The van der Waals surface area contributed by atoms with E-state index in [0.717, 1.165) is 25.8 Å². The molecule has 0 aromatic rings. The molecule has 2 saturated heterocycles. The second kappa shape index (κ2) is 6.12. The molecule has 2 rings (SSSR count). The fourth-order valence-corrected chi connectivity index (χ4v) is 3.45. The van der Waals surface area contributed by atoms with Gasteiger partial charge in [-0.2, -0.15) is 0 Å². The van der Waals surface area contributed by atoms with Gasteiger partial charge in [-0.25, -0.2) is 0 Å². The van der Waals surface area contributed by atoms with Crippen molar-refractivity contribution in [1.29, 1.82) is 0 Å². The van der Waals surface area contributed by atoms with Crippen LogP contribution in [-0.2, 0) is 9.59 Å². The van der Waals surface area contributed by atoms with Crippen molar-refractivity contribution in [2.45, 2.75) is 52.0 Å². The van der Waals surface area contributed by atoms with Crippen LogP contribution in [0.1, 0.15) is 46.0 Å². The van der Waals surface area contributed by atoms with Gasteiger partial charge in [-0.3, -0.25) is 9.59 Å². The third-order valence-corrected chi connectivity index (χ3v) is 4.98. The van der Waals surface area contributed by atoms with Gasteiger partial charge in [0.05, 0.1) is 11.5 Å². The highest BCUT2D eigenvalue weighted by molar-refractivity contribution is 5.83. The fraction of sp³-hybridized carbons (Fsp3) is 0.867. The van der Waals surface area contributed by atoms with Crippen LogP contribution in [0.4, 0.5) is 0 Å². The van der Waals surface area contributed by atoms with Crippen LogP contribution in [0.25, 0.3) is 0 Å². The minimum Gasteiger partial charge on any atom is -0.481 e. The molecule has 5 nitrogen and oxygen atoms in total. The Labute approximate surface area is 120 Å². The van der Waals surface area contributed by atoms with Crippen LogP contribution in [0.3, 0.4) is 0 Å². The van der Waals surface area contributed by atoms with E-state index in [9.17, 15) is 14.7 Å². The summed E-state index contributed by atoms with van der Waals surface area (Å²) in [6.07, 6.45) is 4.02. The number of carbonyl (C=O) groups is 2. The van der Waals surface area contributed by atoms with Gasteiger partial charge in [0.2, 0.25) is 5.91 Å². The first-order valence-corrected chi connectivity index (χ1v) is 7.74. The van der Waals surface area contributed by atoms with Crippen molar-refractivity contribution >= 4 is 11.9 Å². The number of nitrogens with zero attached hydrogens (tertiary/aromatic N) is 1. The van der Waals surface area contributed by atoms with Gasteiger partial charge in [0.25, 0.3) is 0 Å². The number of carboxylic acid groups (broad SMARTS) is 1. The average molecular weight is 282 g/mol. The van der Waals surface area contributed by atoms with Gasteiger partial charge in [-0.1, -0.05) is 13.8 Å². The number of carbonyl (C=O) groups excluding carboxylic acids is 1. The van der Waals surface area contributed by atoms with Crippen molar-refractivity contribution in [2.24, 2.45) is 11.3 Å². The molecule has 2 fully saturated rings. The number of hydrogen-bond acceptors (Lipinski definition) is 3. The molecule has 0 spiro atoms. The van der Waals surface area contributed by atoms with Gasteiger partial charge in [-0.15, -0.1) is 0 Å². The van der Waals surface area contributed by atoms with Crippen molar-refractivity contribution < 1.29 is 14.7 Å². The van der Waals surface area contributed by atoms with Crippen molar-refractivity contribution in [3.05, 3.63) is 0 Å². The Balaban J connectivity index is 2.04. The maximum Gasteiger partial charge on any atom is 0.311 e. The first-order valence-electron chi connectivity index (χ1n) is 7.74. The summed E-state index contributed by atoms with van der Waals surface area (Å²) >= 11 is 0. The lowest BCUT2D eigenvalue weighted by molar-refractivity contribution is -0.155. The molecule has 2 N–H and O–H groups in total. The summed E-state index contributed by atoms with van der Waals surface area (Å²) in [6, 6.07) is -0.125. The molecule has 0 bridgehead atoms. The topological polar surface area (TPSA) is 69.6 Å². The van der Waals surface area contributed by atoms with E-state index in [-0.39, 0.29) is 11.9 Å². The monoisotopic (exact) mass is 282 g/mol. The van der Waals surface area contributed by atoms with E-state index in [2.05, 4.69) is 12.2 Å². The van der Waals surface area contributed by atoms with E-state index in [4.69, 9.17) is 0 Å². The standard InChI is InChI=1S/C15H26N2O3/c1-3-15(14(19)20)6-4-8-17(10-15)13(18)12-9-11(2)5-7-16-12/h11-12,16H,3-10H2,1-2H3,(H,19,20). The van der Waals surface area contributed by atoms with Gasteiger partial charge in [0.15, 0.2) is 0 Å². The quantitative estimate of drug-likeness (QED) is 0.822. The zero-order chi connectivity index (χ0) is 14.8. The molecule has 114 valence electrons. The summed E-state index contributed by atoms with van der Waals surface area (Å²) in [5.74, 6) is -0.108. The number of nitrogens with one attached hydrogen (secondary N) is 1. The molecular weight excluding hydrogens is 256 g/mol. The summed E-state index contributed by atoms with van der Waals surface area (Å²) in [4.78, 5) is 25.9. The molecule has 2 aliphatic rings. The lowest BCUT2D eigenvalue weighted by atomic mass is 9.77. The van der Waals surface area contributed by atoms with Crippen molar-refractivity contribution in [2.75, 3.05) is 19.6 Å². The van der Waals surface area contributed by atoms with E-state index >= 15 is 0 Å². The Morgan fingerprint density at radius 3 is 2.80 bits per heavy atom. The maximum atomic E-state index is 12.6. The fourth-order valence-electron chi connectivity index (χ4n) is 3.45. The van der Waals surface area contributed by atoms with E-state index in [1.165, 1.54) is 0 Å². The second-order valence-electron chi connectivity index (χ2n) is 6.44. The molecular formula is C15H26N2O3. The first-order chi connectivity index (χ1) is 9.48. The average Bonchev–Trinajstić information content (AvgIpc) is 2.46. The zero-order valence-corrected chi connectivity index (χ0v) is 12.5. The van der Waals surface area contributed by atoms with Gasteiger partial charge >= 0.3 is 5.97 Å². The predicted octanol–water partition coefficient (Wildman–Crippen LogP) is 1.48. The minimum atomic E-state index is -0.762. The van der Waals surface area contributed by atoms with Crippen LogP contribution in [-0.4, -0.2) is 47.6 Å². The Hall–Kier alpha value is -1.10. The molecule has 0 radical (unpaired) electrons. The molecule has 2 aliphatic heterocycles. The molecule has 0 aromatic carbocycles. The normalized spacial score (nSPS) is 34.8. The minimum absolute atomic E-state index is 0.0929. The number of aliphatic carboxylic acids is 1. The number of rotatable bonds is 3. The number of likely N-dealkylation sites (tertiary alicyclic amines) is 1. The molecule has 0 saturated carbocycles. The largest absolute Gasteiger partial charge is 0.481 e. The highest BCUT2D eigenvalue weighted by Crippen LogP contribution is 2.34. The van der Waals surface area contributed by atoms with Crippen LogP contribution >= 0.6 is 0 Å². The Kier molecular flexibility index (Phi) is 4.68. The first kappa shape index (κ1) is 15.3. The van der Waals surface area contributed by atoms with Gasteiger partial charge in [-0.05, 0) is 44.6 Å². The highest BCUT2D eigenvalue weighted by atomic mass is 16.4. The number of amides is 1. The third-order valence-electron chi connectivity index (χ3n) is 4.98. The zero-order valence-electron chi connectivity index (χ0n) is 12.5. The van der Waals surface area contributed by atoms with Crippen LogP contribution in [0.15, 0.2) is 0 Å². The lowest BCUT2D eigenvalue weighted by Crippen LogP contribution is -2.56. The number of carboxylic acids is 1. The summed E-state index contributed by atoms with van der Waals surface area (Å²) in [5.41, 5.74) is -0.742. The van der Waals surface area contributed by atoms with Crippen molar-refractivity contribution in [3.8, 4) is 0 Å². The van der Waals surface area contributed by atoms with Gasteiger partial charge < -0.3 is 15.3 Å². The van der Waals surface area contributed by atoms with E-state index < -0.39 is 11.4 Å². The van der Waals surface area contributed by atoms with Crippen LogP contribution < -0.4 is 5.32 Å². The van der Waals surface area contributed by atoms with Crippen LogP contribution in [0, 0.1) is 11.3 Å². The van der Waals surface area contributed by atoms with E-state index in [1.807, 2.05) is 6.92 Å². The molecule has 1 amide bonds. The Morgan fingerprint density at radius 2 is 2.20 bits per heavy atom. The lowest BCUT2D eigenvalue weighted by Gasteiger charge is -2.41. The molecule has 20 heavy (non-hydrogen) atoms. The Bertz CT molecular complexity index is 385. The van der Waals surface area contributed by atoms with E-state index in [1.54, 1.807) is 4.90 Å². The molecule has 2 heterocycles.